The predicted octanol–water partition coefficient (Wildman–Crippen LogP) is 0.248. The van der Waals surface area contributed by atoms with E-state index in [1.54, 1.807) is 18.6 Å². The van der Waals surface area contributed by atoms with E-state index in [9.17, 15) is 0 Å². The molecule has 2 heterocycles. The molecule has 5 heteroatoms. The van der Waals surface area contributed by atoms with Crippen molar-refractivity contribution >= 4 is 0 Å². The molecule has 0 spiro atoms. The molecule has 0 saturated carbocycles. The first-order valence-electron chi connectivity index (χ1n) is 3.89. The van der Waals surface area contributed by atoms with Gasteiger partial charge in [0.05, 0.1) is 12.2 Å². The maximum absolute atomic E-state index is 5.90. The van der Waals surface area contributed by atoms with Crippen LogP contribution in [0.25, 0.3) is 0 Å². The Balaban J connectivity index is 2.29. The average molecular weight is 175 g/mol. The molecule has 3 N–H and O–H groups in total. The number of nitrogens with one attached hydrogen (secondary N) is 1. The van der Waals surface area contributed by atoms with Crippen LogP contribution in [-0.4, -0.2) is 20.4 Å². The lowest BCUT2D eigenvalue weighted by molar-refractivity contribution is 0.805. The molecule has 1 atom stereocenters. The molecule has 0 aromatic carbocycles. The van der Waals surface area contributed by atoms with Crippen LogP contribution < -0.4 is 5.73 Å². The number of nitrogens with zero attached hydrogens (tertiary/aromatic N) is 3. The fourth-order valence-corrected chi connectivity index (χ4v) is 1.09. The SMILES string of the molecule is NC(c1cccnc1)c1cn[nH]n1. The normalized spacial score (nSPS) is 12.7. The second-order valence-corrected chi connectivity index (χ2v) is 2.66. The summed E-state index contributed by atoms with van der Waals surface area (Å²) in [7, 11) is 0. The maximum atomic E-state index is 5.90. The van der Waals surface area contributed by atoms with Gasteiger partial charge in [-0.1, -0.05) is 6.07 Å². The second-order valence-electron chi connectivity index (χ2n) is 2.66. The third-order valence-corrected chi connectivity index (χ3v) is 1.80. The van der Waals surface area contributed by atoms with E-state index in [0.717, 1.165) is 5.56 Å². The van der Waals surface area contributed by atoms with Crippen molar-refractivity contribution in [3.05, 3.63) is 42.0 Å². The summed E-state index contributed by atoms with van der Waals surface area (Å²) in [5, 5.41) is 10.1. The Morgan fingerprint density at radius 1 is 1.38 bits per heavy atom. The molecule has 0 aliphatic rings. The maximum Gasteiger partial charge on any atom is 0.104 e. The van der Waals surface area contributed by atoms with Crippen LogP contribution in [0.15, 0.2) is 30.7 Å². The van der Waals surface area contributed by atoms with Crippen LogP contribution in [0.2, 0.25) is 0 Å². The Hall–Kier alpha value is -1.75. The van der Waals surface area contributed by atoms with E-state index in [4.69, 9.17) is 5.73 Å². The summed E-state index contributed by atoms with van der Waals surface area (Å²) < 4.78 is 0. The van der Waals surface area contributed by atoms with E-state index in [2.05, 4.69) is 20.4 Å². The Kier molecular flexibility index (Phi) is 2.01. The molecule has 66 valence electrons. The monoisotopic (exact) mass is 175 g/mol. The molecule has 0 aliphatic heterocycles. The Labute approximate surface area is 75.0 Å². The molecule has 2 aromatic heterocycles. The van der Waals surface area contributed by atoms with Crippen molar-refractivity contribution in [1.82, 2.24) is 20.4 Å². The molecule has 2 rings (SSSR count). The van der Waals surface area contributed by atoms with Gasteiger partial charge in [-0.05, 0) is 11.6 Å². The highest BCUT2D eigenvalue weighted by atomic mass is 15.3. The Morgan fingerprint density at radius 3 is 2.92 bits per heavy atom. The zero-order valence-corrected chi connectivity index (χ0v) is 6.88. The van der Waals surface area contributed by atoms with Crippen LogP contribution in [0.1, 0.15) is 17.3 Å². The fourth-order valence-electron chi connectivity index (χ4n) is 1.09. The van der Waals surface area contributed by atoms with Crippen molar-refractivity contribution in [2.75, 3.05) is 0 Å². The second kappa shape index (κ2) is 3.32. The summed E-state index contributed by atoms with van der Waals surface area (Å²) in [5.74, 6) is 0. The largest absolute Gasteiger partial charge is 0.319 e. The zero-order valence-electron chi connectivity index (χ0n) is 6.88. The summed E-state index contributed by atoms with van der Waals surface area (Å²) in [6.45, 7) is 0. The third-order valence-electron chi connectivity index (χ3n) is 1.80. The van der Waals surface area contributed by atoms with Gasteiger partial charge in [-0.15, -0.1) is 0 Å². The van der Waals surface area contributed by atoms with Crippen LogP contribution in [0.4, 0.5) is 0 Å². The first-order chi connectivity index (χ1) is 6.38. The van der Waals surface area contributed by atoms with Gasteiger partial charge in [0.2, 0.25) is 0 Å². The van der Waals surface area contributed by atoms with Gasteiger partial charge in [0, 0.05) is 12.4 Å². The van der Waals surface area contributed by atoms with E-state index in [-0.39, 0.29) is 6.04 Å². The van der Waals surface area contributed by atoms with Crippen molar-refractivity contribution in [3.63, 3.8) is 0 Å². The number of hydrogen-bond donors (Lipinski definition) is 2. The number of aromatic nitrogens is 4. The number of rotatable bonds is 2. The third kappa shape index (κ3) is 1.54. The number of hydrogen-bond acceptors (Lipinski definition) is 4. The van der Waals surface area contributed by atoms with Gasteiger partial charge in [0.1, 0.15) is 5.69 Å². The topological polar surface area (TPSA) is 80.5 Å². The first kappa shape index (κ1) is 7.88. The predicted molar refractivity (Wildman–Crippen MR) is 46.7 cm³/mol. The number of aromatic amines is 1. The molecular formula is C8H9N5. The van der Waals surface area contributed by atoms with Crippen LogP contribution in [0.3, 0.4) is 0 Å². The molecule has 0 bridgehead atoms. The lowest BCUT2D eigenvalue weighted by Gasteiger charge is -2.06. The molecular weight excluding hydrogens is 166 g/mol. The van der Waals surface area contributed by atoms with Gasteiger partial charge in [0.15, 0.2) is 0 Å². The van der Waals surface area contributed by atoms with Gasteiger partial charge in [-0.25, -0.2) is 0 Å². The van der Waals surface area contributed by atoms with E-state index in [0.29, 0.717) is 5.69 Å². The van der Waals surface area contributed by atoms with E-state index in [1.165, 1.54) is 0 Å². The summed E-state index contributed by atoms with van der Waals surface area (Å²) in [6.07, 6.45) is 5.04. The van der Waals surface area contributed by atoms with E-state index < -0.39 is 0 Å². The molecule has 5 nitrogen and oxygen atoms in total. The van der Waals surface area contributed by atoms with Gasteiger partial charge in [-0.3, -0.25) is 4.98 Å². The molecule has 2 aromatic rings. The quantitative estimate of drug-likeness (QED) is 0.685. The summed E-state index contributed by atoms with van der Waals surface area (Å²) in [6, 6.07) is 3.49. The molecule has 1 unspecified atom stereocenters. The van der Waals surface area contributed by atoms with Crippen molar-refractivity contribution in [3.8, 4) is 0 Å². The van der Waals surface area contributed by atoms with Crippen LogP contribution in [0.5, 0.6) is 0 Å². The Bertz CT molecular complexity index is 355. The van der Waals surface area contributed by atoms with Crippen molar-refractivity contribution in [2.45, 2.75) is 6.04 Å². The van der Waals surface area contributed by atoms with Crippen molar-refractivity contribution in [2.24, 2.45) is 5.73 Å². The first-order valence-corrected chi connectivity index (χ1v) is 3.89. The average Bonchev–Trinajstić information content (AvgIpc) is 2.71. The Morgan fingerprint density at radius 2 is 2.31 bits per heavy atom. The molecule has 0 amide bonds. The summed E-state index contributed by atoms with van der Waals surface area (Å²) >= 11 is 0. The minimum Gasteiger partial charge on any atom is -0.319 e. The highest BCUT2D eigenvalue weighted by Crippen LogP contribution is 2.14. The molecule has 0 aliphatic carbocycles. The summed E-state index contributed by atoms with van der Waals surface area (Å²) in [4.78, 5) is 3.98. The summed E-state index contributed by atoms with van der Waals surface area (Å²) in [5.41, 5.74) is 7.54. The van der Waals surface area contributed by atoms with Crippen molar-refractivity contribution in [1.29, 1.82) is 0 Å². The fraction of sp³-hybridized carbons (Fsp3) is 0.125. The minimum absolute atomic E-state index is 0.257. The van der Waals surface area contributed by atoms with Gasteiger partial charge in [0.25, 0.3) is 0 Å². The molecule has 0 radical (unpaired) electrons. The zero-order chi connectivity index (χ0) is 9.10. The smallest absolute Gasteiger partial charge is 0.104 e. The van der Waals surface area contributed by atoms with E-state index in [1.807, 2.05) is 12.1 Å². The lowest BCUT2D eigenvalue weighted by Crippen LogP contribution is -2.12. The van der Waals surface area contributed by atoms with Gasteiger partial charge >= 0.3 is 0 Å². The number of H-pyrrole nitrogens is 1. The highest BCUT2D eigenvalue weighted by molar-refractivity contribution is 5.21. The number of nitrogens with two attached hydrogens (primary N) is 1. The molecule has 0 fully saturated rings. The minimum atomic E-state index is -0.257. The van der Waals surface area contributed by atoms with Gasteiger partial charge in [-0.2, -0.15) is 15.4 Å². The van der Waals surface area contributed by atoms with E-state index >= 15 is 0 Å². The highest BCUT2D eigenvalue weighted by Gasteiger charge is 2.10. The van der Waals surface area contributed by atoms with Crippen LogP contribution >= 0.6 is 0 Å². The molecule has 0 saturated heterocycles. The van der Waals surface area contributed by atoms with Crippen LogP contribution in [-0.2, 0) is 0 Å². The standard InChI is InChI=1S/C8H9N5/c9-8(7-5-11-13-12-7)6-2-1-3-10-4-6/h1-5,8H,9H2,(H,11,12,13). The van der Waals surface area contributed by atoms with Crippen LogP contribution in [0, 0.1) is 0 Å². The number of pyridine rings is 1. The molecule has 13 heavy (non-hydrogen) atoms. The van der Waals surface area contributed by atoms with Crippen molar-refractivity contribution < 1.29 is 0 Å². The lowest BCUT2D eigenvalue weighted by atomic mass is 10.1. The van der Waals surface area contributed by atoms with Gasteiger partial charge < -0.3 is 5.73 Å².